The van der Waals surface area contributed by atoms with Crippen molar-refractivity contribution < 1.29 is 9.53 Å². The molecule has 0 fully saturated rings. The summed E-state index contributed by atoms with van der Waals surface area (Å²) in [7, 11) is 0. The van der Waals surface area contributed by atoms with Crippen LogP contribution in [0.15, 0.2) is 48.5 Å². The number of hydrogen-bond donors (Lipinski definition) is 0. The van der Waals surface area contributed by atoms with Crippen molar-refractivity contribution in [1.29, 1.82) is 0 Å². The van der Waals surface area contributed by atoms with Crippen LogP contribution in [0.5, 0.6) is 5.75 Å². The maximum atomic E-state index is 12.2. The van der Waals surface area contributed by atoms with Crippen LogP contribution in [-0.2, 0) is 6.42 Å². The van der Waals surface area contributed by atoms with Crippen LogP contribution in [-0.4, -0.2) is 5.97 Å². The van der Waals surface area contributed by atoms with E-state index in [1.165, 1.54) is 69.8 Å². The van der Waals surface area contributed by atoms with Crippen LogP contribution in [0.4, 0.5) is 0 Å². The van der Waals surface area contributed by atoms with Gasteiger partial charge in [-0.1, -0.05) is 94.5 Å². The minimum atomic E-state index is -0.303. The summed E-state index contributed by atoms with van der Waals surface area (Å²) in [5.41, 5.74) is 3.03. The first-order valence-corrected chi connectivity index (χ1v) is 11.1. The van der Waals surface area contributed by atoms with Crippen molar-refractivity contribution in [3.63, 3.8) is 0 Å². The van der Waals surface area contributed by atoms with Gasteiger partial charge in [0.25, 0.3) is 0 Å². The Morgan fingerprint density at radius 1 is 0.714 bits per heavy atom. The van der Waals surface area contributed by atoms with Gasteiger partial charge in [0.15, 0.2) is 0 Å². The molecule has 0 aliphatic carbocycles. The molecule has 0 spiro atoms. The quantitative estimate of drug-likeness (QED) is 0.202. The molecule has 2 nitrogen and oxygen atoms in total. The highest BCUT2D eigenvalue weighted by atomic mass is 16.5. The Morgan fingerprint density at radius 2 is 1.25 bits per heavy atom. The molecular weight excluding hydrogens is 344 g/mol. The van der Waals surface area contributed by atoms with Crippen molar-refractivity contribution in [3.8, 4) is 5.75 Å². The van der Waals surface area contributed by atoms with Gasteiger partial charge in [-0.15, -0.1) is 0 Å². The van der Waals surface area contributed by atoms with Crippen molar-refractivity contribution in [2.24, 2.45) is 0 Å². The summed E-state index contributed by atoms with van der Waals surface area (Å²) in [6.07, 6.45) is 14.7. The van der Waals surface area contributed by atoms with Crippen molar-refractivity contribution in [3.05, 3.63) is 65.2 Å². The van der Waals surface area contributed by atoms with E-state index in [0.29, 0.717) is 11.3 Å². The molecule has 0 unspecified atom stereocenters. The summed E-state index contributed by atoms with van der Waals surface area (Å²) < 4.78 is 5.46. The molecule has 0 aliphatic rings. The Kier molecular flexibility index (Phi) is 10.4. The molecule has 0 amide bonds. The van der Waals surface area contributed by atoms with Crippen LogP contribution in [0.25, 0.3) is 0 Å². The maximum Gasteiger partial charge on any atom is 0.343 e. The van der Waals surface area contributed by atoms with Gasteiger partial charge in [0.1, 0.15) is 5.75 Å². The number of benzene rings is 2. The minimum absolute atomic E-state index is 0.303. The zero-order valence-electron chi connectivity index (χ0n) is 17.7. The highest BCUT2D eigenvalue weighted by Crippen LogP contribution is 2.17. The van der Waals surface area contributed by atoms with E-state index in [-0.39, 0.29) is 5.97 Å². The Hall–Kier alpha value is -2.09. The number of esters is 1. The van der Waals surface area contributed by atoms with Gasteiger partial charge in [0, 0.05) is 0 Å². The fourth-order valence-corrected chi connectivity index (χ4v) is 3.40. The van der Waals surface area contributed by atoms with E-state index in [1.807, 2.05) is 31.2 Å². The van der Waals surface area contributed by atoms with Crippen molar-refractivity contribution in [2.45, 2.75) is 84.5 Å². The molecule has 0 bridgehead atoms. The Bertz CT molecular complexity index is 671. The molecule has 152 valence electrons. The van der Waals surface area contributed by atoms with Crippen LogP contribution in [0.1, 0.15) is 92.6 Å². The summed E-state index contributed by atoms with van der Waals surface area (Å²) >= 11 is 0. The van der Waals surface area contributed by atoms with E-state index in [2.05, 4.69) is 19.1 Å². The van der Waals surface area contributed by atoms with Crippen LogP contribution in [0.3, 0.4) is 0 Å². The zero-order valence-corrected chi connectivity index (χ0v) is 17.7. The molecule has 0 saturated heterocycles. The summed E-state index contributed by atoms with van der Waals surface area (Å²) in [6, 6.07) is 15.4. The number of carbonyl (C=O) groups excluding carboxylic acids is 1. The molecule has 0 radical (unpaired) electrons. The highest BCUT2D eigenvalue weighted by Gasteiger charge is 2.08. The molecule has 2 aromatic carbocycles. The second-order valence-corrected chi connectivity index (χ2v) is 7.83. The Morgan fingerprint density at radius 3 is 1.82 bits per heavy atom. The monoisotopic (exact) mass is 380 g/mol. The van der Waals surface area contributed by atoms with Crippen LogP contribution in [0, 0.1) is 6.92 Å². The molecule has 0 saturated carbocycles. The molecule has 0 aliphatic heterocycles. The lowest BCUT2D eigenvalue weighted by atomic mass is 10.0. The standard InChI is InChI=1S/C26H36O2/c1-3-4-5-6-7-8-9-10-11-12-13-23-16-20-25(21-17-23)28-26(27)24-18-14-22(2)15-19-24/h14-21H,3-13H2,1-2H3. The zero-order chi connectivity index (χ0) is 20.0. The molecule has 2 heteroatoms. The van der Waals surface area contributed by atoms with E-state index in [9.17, 15) is 4.79 Å². The predicted octanol–water partition coefficient (Wildman–Crippen LogP) is 7.68. The maximum absolute atomic E-state index is 12.2. The third-order valence-electron chi connectivity index (χ3n) is 5.24. The summed E-state index contributed by atoms with van der Waals surface area (Å²) in [5.74, 6) is 0.305. The first-order valence-electron chi connectivity index (χ1n) is 11.1. The van der Waals surface area contributed by atoms with E-state index in [0.717, 1.165) is 12.0 Å². The Balaban J connectivity index is 1.59. The first kappa shape index (κ1) is 22.2. The largest absolute Gasteiger partial charge is 0.423 e. The van der Waals surface area contributed by atoms with E-state index in [1.54, 1.807) is 12.1 Å². The summed E-state index contributed by atoms with van der Waals surface area (Å²) in [6.45, 7) is 4.27. The average Bonchev–Trinajstić information content (AvgIpc) is 2.71. The Labute approximate surface area is 171 Å². The SMILES string of the molecule is CCCCCCCCCCCCc1ccc(OC(=O)c2ccc(C)cc2)cc1. The molecule has 28 heavy (non-hydrogen) atoms. The normalized spacial score (nSPS) is 10.8. The minimum Gasteiger partial charge on any atom is -0.423 e. The van der Waals surface area contributed by atoms with Gasteiger partial charge in [0.2, 0.25) is 0 Å². The van der Waals surface area contributed by atoms with E-state index in [4.69, 9.17) is 4.74 Å². The second-order valence-electron chi connectivity index (χ2n) is 7.83. The summed E-state index contributed by atoms with van der Waals surface area (Å²) in [4.78, 5) is 12.2. The molecule has 2 aromatic rings. The molecule has 0 atom stereocenters. The van der Waals surface area contributed by atoms with E-state index < -0.39 is 0 Å². The van der Waals surface area contributed by atoms with Crippen molar-refractivity contribution >= 4 is 5.97 Å². The van der Waals surface area contributed by atoms with Gasteiger partial charge in [-0.25, -0.2) is 4.79 Å². The van der Waals surface area contributed by atoms with Crippen LogP contribution >= 0.6 is 0 Å². The topological polar surface area (TPSA) is 26.3 Å². The molecule has 0 aromatic heterocycles. The number of ether oxygens (including phenoxy) is 1. The fourth-order valence-electron chi connectivity index (χ4n) is 3.40. The first-order chi connectivity index (χ1) is 13.7. The second kappa shape index (κ2) is 13.1. The van der Waals surface area contributed by atoms with Crippen molar-refractivity contribution in [1.82, 2.24) is 0 Å². The average molecular weight is 381 g/mol. The van der Waals surface area contributed by atoms with Gasteiger partial charge in [-0.05, 0) is 49.6 Å². The number of hydrogen-bond acceptors (Lipinski definition) is 2. The molecule has 0 N–H and O–H groups in total. The van der Waals surface area contributed by atoms with Crippen LogP contribution < -0.4 is 4.74 Å². The lowest BCUT2D eigenvalue weighted by Gasteiger charge is -2.06. The van der Waals surface area contributed by atoms with Gasteiger partial charge in [0.05, 0.1) is 5.56 Å². The lowest BCUT2D eigenvalue weighted by molar-refractivity contribution is 0.0734. The number of aryl methyl sites for hydroxylation is 2. The number of unbranched alkanes of at least 4 members (excludes halogenated alkanes) is 9. The molecule has 0 heterocycles. The van der Waals surface area contributed by atoms with Gasteiger partial charge >= 0.3 is 5.97 Å². The fraction of sp³-hybridized carbons (Fsp3) is 0.500. The lowest BCUT2D eigenvalue weighted by Crippen LogP contribution is -2.08. The van der Waals surface area contributed by atoms with Gasteiger partial charge in [-0.3, -0.25) is 0 Å². The van der Waals surface area contributed by atoms with Gasteiger partial charge in [-0.2, -0.15) is 0 Å². The van der Waals surface area contributed by atoms with Crippen molar-refractivity contribution in [2.75, 3.05) is 0 Å². The number of carbonyl (C=O) groups is 1. The highest BCUT2D eigenvalue weighted by molar-refractivity contribution is 5.91. The molecular formula is C26H36O2. The summed E-state index contributed by atoms with van der Waals surface area (Å²) in [5, 5.41) is 0. The molecule has 2 rings (SSSR count). The van der Waals surface area contributed by atoms with Crippen LogP contribution in [0.2, 0.25) is 0 Å². The third kappa shape index (κ3) is 8.73. The number of rotatable bonds is 13. The smallest absolute Gasteiger partial charge is 0.343 e. The third-order valence-corrected chi connectivity index (χ3v) is 5.24. The van der Waals surface area contributed by atoms with Gasteiger partial charge < -0.3 is 4.74 Å². The van der Waals surface area contributed by atoms with E-state index >= 15 is 0 Å². The predicted molar refractivity (Wildman–Crippen MR) is 118 cm³/mol.